The van der Waals surface area contributed by atoms with E-state index >= 15 is 0 Å². The first-order valence-electron chi connectivity index (χ1n) is 8.74. The minimum atomic E-state index is -0.0764. The Bertz CT molecular complexity index is 846. The van der Waals surface area contributed by atoms with Gasteiger partial charge in [0, 0.05) is 6.54 Å². The predicted octanol–water partition coefficient (Wildman–Crippen LogP) is 4.60. The largest absolute Gasteiger partial charge is 0.361 e. The van der Waals surface area contributed by atoms with Crippen molar-refractivity contribution in [3.63, 3.8) is 0 Å². The van der Waals surface area contributed by atoms with Gasteiger partial charge in [-0.25, -0.2) is 4.98 Å². The normalized spacial score (nSPS) is 11.8. The Morgan fingerprint density at radius 1 is 1.08 bits per heavy atom. The van der Waals surface area contributed by atoms with Crippen LogP contribution in [0.4, 0.5) is 5.13 Å². The fourth-order valence-corrected chi connectivity index (χ4v) is 3.62. The van der Waals surface area contributed by atoms with Crippen LogP contribution in [0.2, 0.25) is 0 Å². The maximum Gasteiger partial charge on any atom is 0.263 e. The van der Waals surface area contributed by atoms with Crippen LogP contribution in [0.3, 0.4) is 0 Å². The number of thiazole rings is 1. The second-order valence-corrected chi connectivity index (χ2v) is 7.20. The van der Waals surface area contributed by atoms with Gasteiger partial charge in [-0.05, 0) is 31.4 Å². The molecule has 0 saturated heterocycles. The van der Waals surface area contributed by atoms with Gasteiger partial charge < -0.3 is 10.6 Å². The Kier molecular flexibility index (Phi) is 6.02. The number of aryl methyl sites for hydroxylation is 1. The summed E-state index contributed by atoms with van der Waals surface area (Å²) in [6, 6.07) is 20.2. The Labute approximate surface area is 158 Å². The average Bonchev–Trinajstić information content (AvgIpc) is 3.04. The highest BCUT2D eigenvalue weighted by atomic mass is 32.1. The smallest absolute Gasteiger partial charge is 0.263 e. The van der Waals surface area contributed by atoms with Crippen LogP contribution in [0.5, 0.6) is 0 Å². The van der Waals surface area contributed by atoms with E-state index in [1.165, 1.54) is 16.9 Å². The molecule has 1 heterocycles. The molecule has 0 saturated carbocycles. The Morgan fingerprint density at radius 2 is 1.73 bits per heavy atom. The molecular formula is C21H23N3OS. The molecule has 3 rings (SSSR count). The van der Waals surface area contributed by atoms with Crippen molar-refractivity contribution in [3.05, 3.63) is 82.4 Å². The summed E-state index contributed by atoms with van der Waals surface area (Å²) < 4.78 is 0. The average molecular weight is 366 g/mol. The molecule has 2 aromatic carbocycles. The number of benzene rings is 2. The fourth-order valence-electron chi connectivity index (χ4n) is 2.73. The van der Waals surface area contributed by atoms with Crippen LogP contribution in [0.1, 0.15) is 39.5 Å². The van der Waals surface area contributed by atoms with Gasteiger partial charge in [0.1, 0.15) is 4.88 Å². The van der Waals surface area contributed by atoms with Crippen molar-refractivity contribution in [1.82, 2.24) is 10.3 Å². The zero-order valence-corrected chi connectivity index (χ0v) is 15.8. The van der Waals surface area contributed by atoms with Crippen LogP contribution in [-0.4, -0.2) is 17.4 Å². The monoisotopic (exact) mass is 365 g/mol. The van der Waals surface area contributed by atoms with E-state index in [-0.39, 0.29) is 11.9 Å². The lowest BCUT2D eigenvalue weighted by molar-refractivity contribution is 0.0943. The summed E-state index contributed by atoms with van der Waals surface area (Å²) in [5.41, 5.74) is 3.13. The van der Waals surface area contributed by atoms with Gasteiger partial charge in [-0.3, -0.25) is 4.79 Å². The van der Waals surface area contributed by atoms with Crippen molar-refractivity contribution in [2.45, 2.75) is 26.3 Å². The van der Waals surface area contributed by atoms with Crippen LogP contribution in [0, 0.1) is 6.92 Å². The third-order valence-electron chi connectivity index (χ3n) is 4.18. The quantitative estimate of drug-likeness (QED) is 0.643. The van der Waals surface area contributed by atoms with E-state index in [9.17, 15) is 4.79 Å². The molecule has 5 heteroatoms. The molecule has 0 bridgehead atoms. The van der Waals surface area contributed by atoms with Crippen LogP contribution >= 0.6 is 11.3 Å². The minimum absolute atomic E-state index is 0.0420. The SMILES string of the molecule is Cc1nc(NCCc2ccccc2)sc1C(=O)N[C@@H](C)c1ccccc1. The van der Waals surface area contributed by atoms with E-state index in [2.05, 4.69) is 27.8 Å². The molecule has 0 spiro atoms. The maximum absolute atomic E-state index is 12.6. The van der Waals surface area contributed by atoms with Gasteiger partial charge in [0.15, 0.2) is 5.13 Å². The standard InChI is InChI=1S/C21H23N3OS/c1-15(18-11-7-4-8-12-18)23-20(25)19-16(2)24-21(26-19)22-14-13-17-9-5-3-6-10-17/h3-12,15H,13-14H2,1-2H3,(H,22,24)(H,23,25)/t15-/m0/s1. The van der Waals surface area contributed by atoms with Gasteiger partial charge in [-0.15, -0.1) is 0 Å². The number of hydrogen-bond donors (Lipinski definition) is 2. The zero-order valence-electron chi connectivity index (χ0n) is 15.0. The first kappa shape index (κ1) is 18.1. The van der Waals surface area contributed by atoms with Crippen LogP contribution < -0.4 is 10.6 Å². The van der Waals surface area contributed by atoms with E-state index in [0.29, 0.717) is 4.88 Å². The van der Waals surface area contributed by atoms with E-state index < -0.39 is 0 Å². The number of amides is 1. The third kappa shape index (κ3) is 4.70. The predicted molar refractivity (Wildman–Crippen MR) is 108 cm³/mol. The van der Waals surface area contributed by atoms with Crippen molar-refractivity contribution in [2.75, 3.05) is 11.9 Å². The topological polar surface area (TPSA) is 54.0 Å². The molecule has 26 heavy (non-hydrogen) atoms. The third-order valence-corrected chi connectivity index (χ3v) is 5.30. The lowest BCUT2D eigenvalue weighted by Gasteiger charge is -2.13. The minimum Gasteiger partial charge on any atom is -0.361 e. The lowest BCUT2D eigenvalue weighted by Crippen LogP contribution is -2.26. The lowest BCUT2D eigenvalue weighted by atomic mass is 10.1. The number of rotatable bonds is 7. The van der Waals surface area contributed by atoms with Crippen molar-refractivity contribution in [1.29, 1.82) is 0 Å². The van der Waals surface area contributed by atoms with Crippen LogP contribution in [0.25, 0.3) is 0 Å². The summed E-state index contributed by atoms with van der Waals surface area (Å²) in [5, 5.41) is 7.16. The number of aromatic nitrogens is 1. The number of nitrogens with zero attached hydrogens (tertiary/aromatic N) is 1. The summed E-state index contributed by atoms with van der Waals surface area (Å²) in [7, 11) is 0. The second kappa shape index (κ2) is 8.63. The zero-order chi connectivity index (χ0) is 18.4. The van der Waals surface area contributed by atoms with Gasteiger partial charge in [0.05, 0.1) is 11.7 Å². The van der Waals surface area contributed by atoms with Gasteiger partial charge >= 0.3 is 0 Å². The van der Waals surface area contributed by atoms with Gasteiger partial charge in [0.25, 0.3) is 5.91 Å². The van der Waals surface area contributed by atoms with E-state index in [0.717, 1.165) is 29.4 Å². The number of hydrogen-bond acceptors (Lipinski definition) is 4. The Morgan fingerprint density at radius 3 is 2.42 bits per heavy atom. The summed E-state index contributed by atoms with van der Waals surface area (Å²) in [6.45, 7) is 4.65. The van der Waals surface area contributed by atoms with Crippen LogP contribution in [-0.2, 0) is 6.42 Å². The second-order valence-electron chi connectivity index (χ2n) is 6.20. The van der Waals surface area contributed by atoms with Gasteiger partial charge in [-0.2, -0.15) is 0 Å². The fraction of sp³-hybridized carbons (Fsp3) is 0.238. The highest BCUT2D eigenvalue weighted by Gasteiger charge is 2.17. The summed E-state index contributed by atoms with van der Waals surface area (Å²) in [5.74, 6) is -0.0764. The summed E-state index contributed by atoms with van der Waals surface area (Å²) >= 11 is 1.41. The molecule has 2 N–H and O–H groups in total. The molecule has 4 nitrogen and oxygen atoms in total. The highest BCUT2D eigenvalue weighted by Crippen LogP contribution is 2.23. The van der Waals surface area contributed by atoms with Crippen molar-refractivity contribution in [3.8, 4) is 0 Å². The van der Waals surface area contributed by atoms with Crippen molar-refractivity contribution < 1.29 is 4.79 Å². The molecule has 1 atom stereocenters. The molecule has 1 aromatic heterocycles. The molecule has 3 aromatic rings. The molecule has 1 amide bonds. The van der Waals surface area contributed by atoms with Crippen molar-refractivity contribution >= 4 is 22.4 Å². The molecule has 0 unspecified atom stereocenters. The van der Waals surface area contributed by atoms with Gasteiger partial charge in [-0.1, -0.05) is 72.0 Å². The number of carbonyl (C=O) groups is 1. The Balaban J connectivity index is 1.57. The molecule has 0 aliphatic heterocycles. The number of carbonyl (C=O) groups excluding carboxylic acids is 1. The van der Waals surface area contributed by atoms with Crippen molar-refractivity contribution in [2.24, 2.45) is 0 Å². The molecule has 0 radical (unpaired) electrons. The molecule has 0 aliphatic carbocycles. The molecule has 134 valence electrons. The van der Waals surface area contributed by atoms with Crippen LogP contribution in [0.15, 0.2) is 60.7 Å². The molecule has 0 aliphatic rings. The maximum atomic E-state index is 12.6. The van der Waals surface area contributed by atoms with E-state index in [1.54, 1.807) is 0 Å². The molecule has 0 fully saturated rings. The van der Waals surface area contributed by atoms with Gasteiger partial charge in [0.2, 0.25) is 0 Å². The highest BCUT2D eigenvalue weighted by molar-refractivity contribution is 7.17. The number of nitrogens with one attached hydrogen (secondary N) is 2. The summed E-state index contributed by atoms with van der Waals surface area (Å²) in [4.78, 5) is 17.7. The first-order valence-corrected chi connectivity index (χ1v) is 9.56. The van der Waals surface area contributed by atoms with E-state index in [4.69, 9.17) is 0 Å². The molecular weight excluding hydrogens is 342 g/mol. The Hall–Kier alpha value is -2.66. The first-order chi connectivity index (χ1) is 12.6. The summed E-state index contributed by atoms with van der Waals surface area (Å²) in [6.07, 6.45) is 0.923. The number of anilines is 1. The van der Waals surface area contributed by atoms with E-state index in [1.807, 2.05) is 62.4 Å².